The van der Waals surface area contributed by atoms with Gasteiger partial charge in [0.1, 0.15) is 5.25 Å². The lowest BCUT2D eigenvalue weighted by molar-refractivity contribution is 0.0953. The van der Waals surface area contributed by atoms with Crippen molar-refractivity contribution >= 4 is 31.9 Å². The van der Waals surface area contributed by atoms with Crippen LogP contribution >= 0.6 is 15.9 Å². The summed E-state index contributed by atoms with van der Waals surface area (Å²) in [5.41, 5.74) is 0.190. The number of halogens is 1. The molecule has 0 saturated carbocycles. The Bertz CT molecular complexity index is 570. The summed E-state index contributed by atoms with van der Waals surface area (Å²) in [4.78, 5) is 15.7. The third-order valence-electron chi connectivity index (χ3n) is 2.76. The van der Waals surface area contributed by atoms with Crippen LogP contribution in [-0.2, 0) is 14.8 Å². The van der Waals surface area contributed by atoms with E-state index in [4.69, 9.17) is 4.74 Å². The van der Waals surface area contributed by atoms with Crippen LogP contribution in [0.5, 0.6) is 0 Å². The molecule has 1 aromatic heterocycles. The van der Waals surface area contributed by atoms with Gasteiger partial charge >= 0.3 is 0 Å². The number of rotatable bonds is 3. The van der Waals surface area contributed by atoms with Gasteiger partial charge in [0.15, 0.2) is 0 Å². The van der Waals surface area contributed by atoms with Crippen LogP contribution in [0.3, 0.4) is 0 Å². The lowest BCUT2D eigenvalue weighted by Crippen LogP contribution is -2.42. The van der Waals surface area contributed by atoms with Crippen LogP contribution in [0.1, 0.15) is 23.2 Å². The van der Waals surface area contributed by atoms with E-state index >= 15 is 0 Å². The Labute approximate surface area is 119 Å². The summed E-state index contributed by atoms with van der Waals surface area (Å²) in [6.07, 6.45) is 4.00. The van der Waals surface area contributed by atoms with Crippen molar-refractivity contribution in [2.24, 2.45) is 0 Å². The van der Waals surface area contributed by atoms with E-state index in [1.165, 1.54) is 18.5 Å². The zero-order valence-corrected chi connectivity index (χ0v) is 12.4. The second-order valence-electron chi connectivity index (χ2n) is 4.21. The number of pyridine rings is 1. The predicted molar refractivity (Wildman–Crippen MR) is 72.2 cm³/mol. The monoisotopic (exact) mass is 348 g/mol. The molecule has 8 heteroatoms. The van der Waals surface area contributed by atoms with Crippen LogP contribution in [0.4, 0.5) is 0 Å². The highest BCUT2D eigenvalue weighted by Gasteiger charge is 2.29. The van der Waals surface area contributed by atoms with Gasteiger partial charge in [-0.3, -0.25) is 9.78 Å². The lowest BCUT2D eigenvalue weighted by Gasteiger charge is -2.22. The molecule has 104 valence electrons. The fraction of sp³-hybridized carbons (Fsp3) is 0.455. The van der Waals surface area contributed by atoms with Crippen LogP contribution in [-0.4, -0.2) is 37.8 Å². The van der Waals surface area contributed by atoms with Crippen molar-refractivity contribution in [3.05, 3.63) is 28.5 Å². The highest BCUT2D eigenvalue weighted by Crippen LogP contribution is 2.15. The zero-order chi connectivity index (χ0) is 13.9. The molecule has 0 aliphatic carbocycles. The van der Waals surface area contributed by atoms with E-state index in [-0.39, 0.29) is 12.2 Å². The Morgan fingerprint density at radius 2 is 2.26 bits per heavy atom. The molecule has 1 aliphatic rings. The van der Waals surface area contributed by atoms with Crippen LogP contribution in [0.2, 0.25) is 0 Å². The molecule has 1 aromatic rings. The second-order valence-corrected chi connectivity index (χ2v) is 7.08. The van der Waals surface area contributed by atoms with Gasteiger partial charge in [-0.05, 0) is 34.8 Å². The molecule has 1 unspecified atom stereocenters. The number of hydrogen-bond acceptors (Lipinski definition) is 5. The molecule has 2 heterocycles. The fourth-order valence-electron chi connectivity index (χ4n) is 1.76. The normalized spacial score (nSPS) is 19.9. The van der Waals surface area contributed by atoms with Crippen molar-refractivity contribution in [1.82, 2.24) is 9.71 Å². The third kappa shape index (κ3) is 3.74. The standard InChI is InChI=1S/C11H13BrN2O4S/c12-9-4-8(5-13-6-9)11(15)14-19(16,17)10-2-1-3-18-7-10/h4-6,10H,1-3,7H2,(H,14,15). The van der Waals surface area contributed by atoms with E-state index in [2.05, 4.69) is 25.6 Å². The number of aromatic nitrogens is 1. The molecular formula is C11H13BrN2O4S. The molecule has 6 nitrogen and oxygen atoms in total. The Morgan fingerprint density at radius 3 is 2.89 bits per heavy atom. The maximum atomic E-state index is 12.0. The average molecular weight is 349 g/mol. The number of sulfonamides is 1. The molecule has 1 atom stereocenters. The largest absolute Gasteiger partial charge is 0.380 e. The van der Waals surface area contributed by atoms with E-state index in [9.17, 15) is 13.2 Å². The molecule has 2 rings (SSSR count). The number of carbonyl (C=O) groups is 1. The van der Waals surface area contributed by atoms with Crippen molar-refractivity contribution in [2.75, 3.05) is 13.2 Å². The summed E-state index contributed by atoms with van der Waals surface area (Å²) in [6, 6.07) is 1.51. The summed E-state index contributed by atoms with van der Waals surface area (Å²) < 4.78 is 31.8. The minimum atomic E-state index is -3.71. The van der Waals surface area contributed by atoms with Crippen molar-refractivity contribution in [3.8, 4) is 0 Å². The highest BCUT2D eigenvalue weighted by atomic mass is 79.9. The molecule has 1 N–H and O–H groups in total. The summed E-state index contributed by atoms with van der Waals surface area (Å²) in [5.74, 6) is -0.681. The average Bonchev–Trinajstić information content (AvgIpc) is 2.39. The van der Waals surface area contributed by atoms with Gasteiger partial charge in [-0.25, -0.2) is 13.1 Å². The van der Waals surface area contributed by atoms with E-state index in [0.29, 0.717) is 23.9 Å². The first-order valence-electron chi connectivity index (χ1n) is 5.73. The van der Waals surface area contributed by atoms with Crippen molar-refractivity contribution in [1.29, 1.82) is 0 Å². The van der Waals surface area contributed by atoms with Gasteiger partial charge < -0.3 is 4.74 Å². The topological polar surface area (TPSA) is 85.4 Å². The molecule has 1 amide bonds. The number of amides is 1. The Hall–Kier alpha value is -0.990. The van der Waals surface area contributed by atoms with Gasteiger partial charge in [0.05, 0.1) is 12.2 Å². The first kappa shape index (κ1) is 14.4. The number of carbonyl (C=O) groups excluding carboxylic acids is 1. The first-order valence-corrected chi connectivity index (χ1v) is 8.07. The summed E-state index contributed by atoms with van der Waals surface area (Å²) in [6.45, 7) is 0.689. The molecular weight excluding hydrogens is 336 g/mol. The summed E-state index contributed by atoms with van der Waals surface area (Å²) >= 11 is 3.17. The van der Waals surface area contributed by atoms with Gasteiger partial charge in [-0.2, -0.15) is 0 Å². The van der Waals surface area contributed by atoms with Gasteiger partial charge in [-0.15, -0.1) is 0 Å². The van der Waals surface area contributed by atoms with E-state index in [1.54, 1.807) is 0 Å². The zero-order valence-electron chi connectivity index (χ0n) is 10.0. The maximum Gasteiger partial charge on any atom is 0.266 e. The summed E-state index contributed by atoms with van der Waals surface area (Å²) in [7, 11) is -3.71. The molecule has 0 aromatic carbocycles. The first-order chi connectivity index (χ1) is 8.99. The van der Waals surface area contributed by atoms with E-state index in [1.807, 2.05) is 0 Å². The van der Waals surface area contributed by atoms with Gasteiger partial charge in [-0.1, -0.05) is 0 Å². The van der Waals surface area contributed by atoms with Gasteiger partial charge in [0, 0.05) is 23.5 Å². The minimum absolute atomic E-state index is 0.124. The molecule has 0 radical (unpaired) electrons. The van der Waals surface area contributed by atoms with Crippen molar-refractivity contribution < 1.29 is 17.9 Å². The Balaban J connectivity index is 2.09. The molecule has 1 saturated heterocycles. The van der Waals surface area contributed by atoms with Gasteiger partial charge in [0.25, 0.3) is 5.91 Å². The summed E-state index contributed by atoms with van der Waals surface area (Å²) in [5, 5.41) is -0.676. The van der Waals surface area contributed by atoms with E-state index in [0.717, 1.165) is 0 Å². The Morgan fingerprint density at radius 1 is 1.47 bits per heavy atom. The van der Waals surface area contributed by atoms with Crippen LogP contribution in [0.15, 0.2) is 22.9 Å². The smallest absolute Gasteiger partial charge is 0.266 e. The molecule has 1 fully saturated rings. The van der Waals surface area contributed by atoms with Crippen molar-refractivity contribution in [2.45, 2.75) is 18.1 Å². The highest BCUT2D eigenvalue weighted by molar-refractivity contribution is 9.10. The number of nitrogens with zero attached hydrogens (tertiary/aromatic N) is 1. The second kappa shape index (κ2) is 5.98. The maximum absolute atomic E-state index is 12.0. The third-order valence-corrected chi connectivity index (χ3v) is 4.91. The van der Waals surface area contributed by atoms with E-state index < -0.39 is 21.2 Å². The predicted octanol–water partition coefficient (Wildman–Crippen LogP) is 1.08. The number of nitrogens with one attached hydrogen (secondary N) is 1. The number of hydrogen-bond donors (Lipinski definition) is 1. The lowest BCUT2D eigenvalue weighted by atomic mass is 10.2. The van der Waals surface area contributed by atoms with Crippen LogP contribution in [0, 0.1) is 0 Å². The van der Waals surface area contributed by atoms with Crippen LogP contribution < -0.4 is 4.72 Å². The molecule has 19 heavy (non-hydrogen) atoms. The quantitative estimate of drug-likeness (QED) is 0.883. The molecule has 0 bridgehead atoms. The minimum Gasteiger partial charge on any atom is -0.380 e. The number of ether oxygens (including phenoxy) is 1. The molecule has 0 spiro atoms. The Kier molecular flexibility index (Phi) is 4.54. The molecule has 1 aliphatic heterocycles. The van der Waals surface area contributed by atoms with Crippen molar-refractivity contribution in [3.63, 3.8) is 0 Å². The van der Waals surface area contributed by atoms with Gasteiger partial charge in [0.2, 0.25) is 10.0 Å². The SMILES string of the molecule is O=C(NS(=O)(=O)C1CCCOC1)c1cncc(Br)c1. The fourth-order valence-corrected chi connectivity index (χ4v) is 3.42. The van der Waals surface area contributed by atoms with Crippen LogP contribution in [0.25, 0.3) is 0 Å².